The third-order valence-electron chi connectivity index (χ3n) is 6.82. The second kappa shape index (κ2) is 12.6. The summed E-state index contributed by atoms with van der Waals surface area (Å²) in [6.45, 7) is 4.34. The van der Waals surface area contributed by atoms with Gasteiger partial charge in [0.05, 0.1) is 5.56 Å². The molecule has 1 fully saturated rings. The van der Waals surface area contributed by atoms with Gasteiger partial charge in [-0.1, -0.05) is 58.1 Å². The Kier molecular flexibility index (Phi) is 9.52. The molecule has 0 aromatic heterocycles. The van der Waals surface area contributed by atoms with Crippen molar-refractivity contribution in [1.82, 2.24) is 0 Å². The van der Waals surface area contributed by atoms with Crippen LogP contribution in [0.3, 0.4) is 0 Å². The first-order valence-corrected chi connectivity index (χ1v) is 12.6. The van der Waals surface area contributed by atoms with Crippen LogP contribution in [0.15, 0.2) is 48.5 Å². The fourth-order valence-corrected chi connectivity index (χ4v) is 4.72. The molecule has 0 atom stereocenters. The summed E-state index contributed by atoms with van der Waals surface area (Å²) in [6.07, 6.45) is 13.0. The summed E-state index contributed by atoms with van der Waals surface area (Å²) in [5, 5.41) is 0. The highest BCUT2D eigenvalue weighted by Gasteiger charge is 2.22. The normalized spacial score (nSPS) is 18.3. The lowest BCUT2D eigenvalue weighted by Gasteiger charge is -2.29. The van der Waals surface area contributed by atoms with E-state index < -0.39 is 0 Å². The molecule has 1 aliphatic carbocycles. The lowest BCUT2D eigenvalue weighted by Crippen LogP contribution is -2.14. The summed E-state index contributed by atoms with van der Waals surface area (Å²) in [4.78, 5) is 24.6. The maximum absolute atomic E-state index is 12.5. The summed E-state index contributed by atoms with van der Waals surface area (Å²) in [5.41, 5.74) is 2.57. The zero-order valence-electron chi connectivity index (χ0n) is 19.8. The number of rotatable bonds is 11. The highest BCUT2D eigenvalue weighted by molar-refractivity contribution is 5.96. The first kappa shape index (κ1) is 24.2. The average molecular weight is 435 g/mol. The molecule has 0 heterocycles. The minimum Gasteiger partial charge on any atom is -0.423 e. The summed E-state index contributed by atoms with van der Waals surface area (Å²) in [5.74, 6) is 1.75. The molecule has 2 aromatic carbocycles. The van der Waals surface area contributed by atoms with E-state index in [9.17, 15) is 9.59 Å². The minimum absolute atomic E-state index is 0.135. The molecule has 0 amide bonds. The van der Waals surface area contributed by atoms with Gasteiger partial charge in [-0.2, -0.15) is 0 Å². The number of ether oxygens (including phenoxy) is 1. The highest BCUT2D eigenvalue weighted by atomic mass is 16.5. The second-order valence-corrected chi connectivity index (χ2v) is 9.28. The van der Waals surface area contributed by atoms with Crippen molar-refractivity contribution in [1.29, 1.82) is 0 Å². The van der Waals surface area contributed by atoms with Gasteiger partial charge in [0.25, 0.3) is 0 Å². The first-order chi connectivity index (χ1) is 15.6. The maximum atomic E-state index is 12.5. The van der Waals surface area contributed by atoms with E-state index in [4.69, 9.17) is 4.74 Å². The van der Waals surface area contributed by atoms with Crippen LogP contribution in [-0.2, 0) is 0 Å². The molecule has 0 unspecified atom stereocenters. The van der Waals surface area contributed by atoms with Gasteiger partial charge in [0.15, 0.2) is 5.78 Å². The molecule has 0 bridgehead atoms. The molecular formula is C29H38O3. The van der Waals surface area contributed by atoms with E-state index in [1.54, 1.807) is 24.3 Å². The van der Waals surface area contributed by atoms with Crippen LogP contribution in [0.1, 0.15) is 117 Å². The van der Waals surface area contributed by atoms with Crippen LogP contribution in [-0.4, -0.2) is 11.8 Å². The van der Waals surface area contributed by atoms with E-state index in [0.29, 0.717) is 29.2 Å². The zero-order chi connectivity index (χ0) is 22.8. The smallest absolute Gasteiger partial charge is 0.343 e. The molecule has 2 aromatic rings. The molecule has 0 spiro atoms. The fraction of sp³-hybridized carbons (Fsp3) is 0.517. The van der Waals surface area contributed by atoms with Crippen LogP contribution in [0.4, 0.5) is 0 Å². The van der Waals surface area contributed by atoms with Gasteiger partial charge >= 0.3 is 5.97 Å². The number of benzene rings is 2. The predicted octanol–water partition coefficient (Wildman–Crippen LogP) is 8.13. The summed E-state index contributed by atoms with van der Waals surface area (Å²) in [6, 6.07) is 14.8. The maximum Gasteiger partial charge on any atom is 0.343 e. The quantitative estimate of drug-likeness (QED) is 0.155. The van der Waals surface area contributed by atoms with E-state index in [0.717, 1.165) is 18.8 Å². The fourth-order valence-electron chi connectivity index (χ4n) is 4.72. The van der Waals surface area contributed by atoms with Gasteiger partial charge in [-0.15, -0.1) is 0 Å². The Morgan fingerprint density at radius 1 is 0.781 bits per heavy atom. The predicted molar refractivity (Wildman–Crippen MR) is 131 cm³/mol. The van der Waals surface area contributed by atoms with Crippen molar-refractivity contribution in [2.75, 3.05) is 0 Å². The van der Waals surface area contributed by atoms with Crippen molar-refractivity contribution < 1.29 is 14.3 Å². The molecule has 0 aliphatic heterocycles. The third kappa shape index (κ3) is 7.05. The highest BCUT2D eigenvalue weighted by Crippen LogP contribution is 2.37. The number of hydrogen-bond donors (Lipinski definition) is 0. The zero-order valence-corrected chi connectivity index (χ0v) is 19.8. The molecule has 1 aliphatic rings. The Morgan fingerprint density at radius 3 is 2.03 bits per heavy atom. The lowest BCUT2D eigenvalue weighted by atomic mass is 9.77. The standard InChI is InChI=1S/C29H38O3/c1-3-5-7-8-22-10-12-23(13-11-22)24-14-16-26(17-15-24)29(31)32-27-20-18-25(19-21-27)28(30)9-6-4-2/h14-23H,3-13H2,1-2H3. The van der Waals surface area contributed by atoms with Crippen LogP contribution in [0.25, 0.3) is 0 Å². The minimum atomic E-state index is -0.360. The monoisotopic (exact) mass is 434 g/mol. The Labute approximate surface area is 193 Å². The number of ketones is 1. The van der Waals surface area contributed by atoms with Crippen molar-refractivity contribution >= 4 is 11.8 Å². The van der Waals surface area contributed by atoms with Crippen molar-refractivity contribution in [3.8, 4) is 5.75 Å². The molecular weight excluding hydrogens is 396 g/mol. The summed E-state index contributed by atoms with van der Waals surface area (Å²) < 4.78 is 5.51. The van der Waals surface area contributed by atoms with Gasteiger partial charge in [-0.3, -0.25) is 4.79 Å². The van der Waals surface area contributed by atoms with Crippen LogP contribution in [0, 0.1) is 5.92 Å². The Hall–Kier alpha value is -2.42. The number of carbonyl (C=O) groups is 2. The molecule has 0 radical (unpaired) electrons. The van der Waals surface area contributed by atoms with Crippen LogP contribution in [0.2, 0.25) is 0 Å². The van der Waals surface area contributed by atoms with E-state index in [-0.39, 0.29) is 11.8 Å². The number of esters is 1. The van der Waals surface area contributed by atoms with Gasteiger partial charge in [-0.25, -0.2) is 4.79 Å². The van der Waals surface area contributed by atoms with E-state index in [2.05, 4.69) is 26.0 Å². The molecule has 32 heavy (non-hydrogen) atoms. The van der Waals surface area contributed by atoms with Gasteiger partial charge in [-0.05, 0) is 85.9 Å². The van der Waals surface area contributed by atoms with Crippen molar-refractivity contribution in [3.05, 3.63) is 65.2 Å². The number of hydrogen-bond acceptors (Lipinski definition) is 3. The molecule has 3 heteroatoms. The van der Waals surface area contributed by atoms with E-state index in [1.165, 1.54) is 56.9 Å². The van der Waals surface area contributed by atoms with Gasteiger partial charge in [0.2, 0.25) is 0 Å². The number of unbranched alkanes of at least 4 members (excludes halogenated alkanes) is 3. The molecule has 172 valence electrons. The average Bonchev–Trinajstić information content (AvgIpc) is 2.83. The summed E-state index contributed by atoms with van der Waals surface area (Å²) in [7, 11) is 0. The Bertz CT molecular complexity index is 843. The number of Topliss-reactive ketones (excluding diaryl/α,β-unsaturated/α-hetero) is 1. The van der Waals surface area contributed by atoms with Crippen LogP contribution < -0.4 is 4.74 Å². The second-order valence-electron chi connectivity index (χ2n) is 9.28. The van der Waals surface area contributed by atoms with E-state index >= 15 is 0 Å². The largest absolute Gasteiger partial charge is 0.423 e. The molecule has 3 nitrogen and oxygen atoms in total. The summed E-state index contributed by atoms with van der Waals surface area (Å²) >= 11 is 0. The first-order valence-electron chi connectivity index (χ1n) is 12.6. The number of carbonyl (C=O) groups excluding carboxylic acids is 2. The Morgan fingerprint density at radius 2 is 1.41 bits per heavy atom. The van der Waals surface area contributed by atoms with Gasteiger partial charge in [0, 0.05) is 12.0 Å². The molecule has 0 saturated heterocycles. The SMILES string of the molecule is CCCCCC1CCC(c2ccc(C(=O)Oc3ccc(C(=O)CCCC)cc3)cc2)CC1. The molecule has 3 rings (SSSR count). The van der Waals surface area contributed by atoms with E-state index in [1.807, 2.05) is 12.1 Å². The van der Waals surface area contributed by atoms with Crippen molar-refractivity contribution in [3.63, 3.8) is 0 Å². The topological polar surface area (TPSA) is 43.4 Å². The lowest BCUT2D eigenvalue weighted by molar-refractivity contribution is 0.0734. The van der Waals surface area contributed by atoms with Crippen molar-refractivity contribution in [2.45, 2.75) is 90.4 Å². The third-order valence-corrected chi connectivity index (χ3v) is 6.82. The molecule has 0 N–H and O–H groups in total. The van der Waals surface area contributed by atoms with Gasteiger partial charge in [0.1, 0.15) is 5.75 Å². The van der Waals surface area contributed by atoms with Crippen LogP contribution >= 0.6 is 0 Å². The van der Waals surface area contributed by atoms with Crippen LogP contribution in [0.5, 0.6) is 5.75 Å². The Balaban J connectivity index is 1.49. The van der Waals surface area contributed by atoms with Crippen molar-refractivity contribution in [2.24, 2.45) is 5.92 Å². The molecule has 1 saturated carbocycles. The van der Waals surface area contributed by atoms with Gasteiger partial charge < -0.3 is 4.74 Å².